The van der Waals surface area contributed by atoms with Gasteiger partial charge in [0.1, 0.15) is 0 Å². The van der Waals surface area contributed by atoms with E-state index < -0.39 is 0 Å². The van der Waals surface area contributed by atoms with Gasteiger partial charge in [-0.2, -0.15) is 0 Å². The molecular weight excluding hydrogens is 226 g/mol. The SMILES string of the molecule is CCCN1CCC2=C(CC=C(OC)C(OC)=C2)C1. The zero-order chi connectivity index (χ0) is 13.0. The molecule has 3 heteroatoms. The Hall–Kier alpha value is -1.22. The zero-order valence-corrected chi connectivity index (χ0v) is 11.7. The fraction of sp³-hybridized carbons (Fsp3) is 0.600. The molecule has 2 aliphatic rings. The average molecular weight is 249 g/mol. The van der Waals surface area contributed by atoms with E-state index in [0.717, 1.165) is 37.4 Å². The molecule has 0 saturated carbocycles. The van der Waals surface area contributed by atoms with Crippen molar-refractivity contribution in [1.29, 1.82) is 0 Å². The Morgan fingerprint density at radius 3 is 2.67 bits per heavy atom. The van der Waals surface area contributed by atoms with Crippen LogP contribution in [0.15, 0.2) is 34.8 Å². The standard InChI is InChI=1S/C15H23NO2/c1-4-8-16-9-7-12-10-15(18-3)14(17-2)6-5-13(12)11-16/h6,10H,4-5,7-9,11H2,1-3H3. The van der Waals surface area contributed by atoms with Crippen LogP contribution in [0, 0.1) is 0 Å². The lowest BCUT2D eigenvalue weighted by Gasteiger charge is -2.29. The van der Waals surface area contributed by atoms with Gasteiger partial charge < -0.3 is 9.47 Å². The van der Waals surface area contributed by atoms with Crippen molar-refractivity contribution in [2.75, 3.05) is 33.9 Å². The Bertz CT molecular complexity index is 393. The topological polar surface area (TPSA) is 21.7 Å². The summed E-state index contributed by atoms with van der Waals surface area (Å²) in [4.78, 5) is 2.53. The lowest BCUT2D eigenvalue weighted by molar-refractivity contribution is 0.219. The molecule has 0 N–H and O–H groups in total. The molecule has 0 unspecified atom stereocenters. The van der Waals surface area contributed by atoms with Crippen molar-refractivity contribution in [1.82, 2.24) is 4.90 Å². The van der Waals surface area contributed by atoms with Gasteiger partial charge in [-0.05, 0) is 49.1 Å². The van der Waals surface area contributed by atoms with Crippen molar-refractivity contribution >= 4 is 0 Å². The molecule has 0 spiro atoms. The van der Waals surface area contributed by atoms with Crippen LogP contribution in [0.1, 0.15) is 26.2 Å². The zero-order valence-electron chi connectivity index (χ0n) is 11.7. The minimum atomic E-state index is 0.853. The van der Waals surface area contributed by atoms with Gasteiger partial charge in [0, 0.05) is 13.1 Å². The van der Waals surface area contributed by atoms with Gasteiger partial charge in [0.05, 0.1) is 14.2 Å². The normalized spacial score (nSPS) is 20.8. The van der Waals surface area contributed by atoms with E-state index in [1.807, 2.05) is 0 Å². The molecular formula is C15H23NO2. The van der Waals surface area contributed by atoms with Crippen LogP contribution in [0.4, 0.5) is 0 Å². The van der Waals surface area contributed by atoms with Crippen molar-refractivity contribution < 1.29 is 9.47 Å². The lowest BCUT2D eigenvalue weighted by atomic mass is 9.98. The summed E-state index contributed by atoms with van der Waals surface area (Å²) in [5, 5.41) is 0. The van der Waals surface area contributed by atoms with E-state index in [2.05, 4.69) is 24.0 Å². The number of rotatable bonds is 4. The summed E-state index contributed by atoms with van der Waals surface area (Å²) in [5.74, 6) is 1.71. The highest BCUT2D eigenvalue weighted by atomic mass is 16.5. The summed E-state index contributed by atoms with van der Waals surface area (Å²) < 4.78 is 10.8. The Balaban J connectivity index is 2.19. The minimum absolute atomic E-state index is 0.853. The first kappa shape index (κ1) is 13.2. The number of nitrogens with zero attached hydrogens (tertiary/aromatic N) is 1. The highest BCUT2D eigenvalue weighted by Gasteiger charge is 2.20. The molecule has 0 aromatic rings. The fourth-order valence-electron chi connectivity index (χ4n) is 2.67. The van der Waals surface area contributed by atoms with Gasteiger partial charge in [-0.1, -0.05) is 6.92 Å². The molecule has 0 fully saturated rings. The summed E-state index contributed by atoms with van der Waals surface area (Å²) in [6.07, 6.45) is 7.60. The molecule has 1 aliphatic heterocycles. The summed E-state index contributed by atoms with van der Waals surface area (Å²) in [7, 11) is 3.41. The average Bonchev–Trinajstić information content (AvgIpc) is 2.57. The van der Waals surface area contributed by atoms with Crippen LogP contribution in [-0.2, 0) is 9.47 Å². The number of allylic oxidation sites excluding steroid dienone is 2. The summed E-state index contributed by atoms with van der Waals surface area (Å²) >= 11 is 0. The van der Waals surface area contributed by atoms with E-state index in [9.17, 15) is 0 Å². The Morgan fingerprint density at radius 1 is 1.22 bits per heavy atom. The molecule has 0 atom stereocenters. The van der Waals surface area contributed by atoms with Crippen LogP contribution in [0.3, 0.4) is 0 Å². The third-order valence-electron chi connectivity index (χ3n) is 3.63. The molecule has 1 heterocycles. The second-order valence-corrected chi connectivity index (χ2v) is 4.84. The lowest BCUT2D eigenvalue weighted by Crippen LogP contribution is -2.32. The van der Waals surface area contributed by atoms with Gasteiger partial charge in [0.15, 0.2) is 11.5 Å². The van der Waals surface area contributed by atoms with Crippen LogP contribution in [0.2, 0.25) is 0 Å². The van der Waals surface area contributed by atoms with E-state index in [0.29, 0.717) is 0 Å². The first-order valence-electron chi connectivity index (χ1n) is 6.72. The molecule has 0 aromatic heterocycles. The van der Waals surface area contributed by atoms with E-state index in [-0.39, 0.29) is 0 Å². The summed E-state index contributed by atoms with van der Waals surface area (Å²) in [6, 6.07) is 0. The van der Waals surface area contributed by atoms with Gasteiger partial charge in [-0.3, -0.25) is 4.90 Å². The molecule has 3 nitrogen and oxygen atoms in total. The third kappa shape index (κ3) is 2.78. The van der Waals surface area contributed by atoms with E-state index >= 15 is 0 Å². The molecule has 18 heavy (non-hydrogen) atoms. The first-order valence-corrected chi connectivity index (χ1v) is 6.72. The van der Waals surface area contributed by atoms with Crippen molar-refractivity contribution in [2.45, 2.75) is 26.2 Å². The number of hydrogen-bond donors (Lipinski definition) is 0. The minimum Gasteiger partial charge on any atom is -0.493 e. The molecule has 2 rings (SSSR count). The van der Waals surface area contributed by atoms with Crippen molar-refractivity contribution in [2.24, 2.45) is 0 Å². The number of ether oxygens (including phenoxy) is 2. The largest absolute Gasteiger partial charge is 0.493 e. The molecule has 0 aromatic carbocycles. The molecule has 0 saturated heterocycles. The van der Waals surface area contributed by atoms with Gasteiger partial charge in [0.2, 0.25) is 0 Å². The van der Waals surface area contributed by atoms with Crippen LogP contribution >= 0.6 is 0 Å². The number of hydrogen-bond acceptors (Lipinski definition) is 3. The predicted molar refractivity (Wildman–Crippen MR) is 73.2 cm³/mol. The Morgan fingerprint density at radius 2 is 2.00 bits per heavy atom. The molecule has 100 valence electrons. The smallest absolute Gasteiger partial charge is 0.160 e. The predicted octanol–water partition coefficient (Wildman–Crippen LogP) is 2.86. The molecule has 0 bridgehead atoms. The van der Waals surface area contributed by atoms with E-state index in [1.54, 1.807) is 14.2 Å². The summed E-state index contributed by atoms with van der Waals surface area (Å²) in [6.45, 7) is 5.67. The van der Waals surface area contributed by atoms with Gasteiger partial charge in [-0.25, -0.2) is 0 Å². The van der Waals surface area contributed by atoms with Gasteiger partial charge in [0.25, 0.3) is 0 Å². The summed E-state index contributed by atoms with van der Waals surface area (Å²) in [5.41, 5.74) is 2.94. The fourth-order valence-corrected chi connectivity index (χ4v) is 2.67. The van der Waals surface area contributed by atoms with E-state index in [1.165, 1.54) is 24.1 Å². The first-order chi connectivity index (χ1) is 8.78. The monoisotopic (exact) mass is 249 g/mol. The van der Waals surface area contributed by atoms with Crippen LogP contribution in [0.5, 0.6) is 0 Å². The van der Waals surface area contributed by atoms with Gasteiger partial charge in [-0.15, -0.1) is 0 Å². The van der Waals surface area contributed by atoms with Crippen molar-refractivity contribution in [3.8, 4) is 0 Å². The molecule has 0 radical (unpaired) electrons. The highest BCUT2D eigenvalue weighted by Crippen LogP contribution is 2.29. The van der Waals surface area contributed by atoms with Crippen LogP contribution in [0.25, 0.3) is 0 Å². The Kier molecular flexibility index (Phi) is 4.48. The van der Waals surface area contributed by atoms with Crippen molar-refractivity contribution in [3.05, 3.63) is 34.8 Å². The molecule has 0 amide bonds. The maximum absolute atomic E-state index is 5.42. The molecule has 1 aliphatic carbocycles. The quantitative estimate of drug-likeness (QED) is 0.764. The Labute approximate surface area is 110 Å². The van der Waals surface area contributed by atoms with Crippen LogP contribution in [-0.4, -0.2) is 38.8 Å². The second kappa shape index (κ2) is 6.10. The maximum atomic E-state index is 5.42. The third-order valence-corrected chi connectivity index (χ3v) is 3.63. The van der Waals surface area contributed by atoms with Crippen LogP contribution < -0.4 is 0 Å². The van der Waals surface area contributed by atoms with E-state index in [4.69, 9.17) is 9.47 Å². The van der Waals surface area contributed by atoms with Gasteiger partial charge >= 0.3 is 0 Å². The number of methoxy groups -OCH3 is 2. The highest BCUT2D eigenvalue weighted by molar-refractivity contribution is 5.40. The second-order valence-electron chi connectivity index (χ2n) is 4.84. The maximum Gasteiger partial charge on any atom is 0.160 e. The van der Waals surface area contributed by atoms with Crippen molar-refractivity contribution in [3.63, 3.8) is 0 Å².